The van der Waals surface area contributed by atoms with Gasteiger partial charge in [0, 0.05) is 17.6 Å². The summed E-state index contributed by atoms with van der Waals surface area (Å²) in [6, 6.07) is 12.0. The molecule has 0 aliphatic rings. The van der Waals surface area contributed by atoms with Gasteiger partial charge >= 0.3 is 5.51 Å². The van der Waals surface area contributed by atoms with Crippen LogP contribution in [-0.2, 0) is 6.42 Å². The molecule has 0 unspecified atom stereocenters. The molecule has 2 aromatic carbocycles. The molecule has 0 spiro atoms. The van der Waals surface area contributed by atoms with Crippen molar-refractivity contribution in [1.29, 1.82) is 0 Å². The SMILES string of the molecule is CCc1cccc(N(C)C(N)=Nc2cccc(SC(F)(F)F)c2Cl)c1. The minimum atomic E-state index is -4.42. The molecule has 0 radical (unpaired) electrons. The second-order valence-electron chi connectivity index (χ2n) is 5.19. The zero-order valence-corrected chi connectivity index (χ0v) is 15.2. The van der Waals surface area contributed by atoms with Gasteiger partial charge in [-0.15, -0.1) is 0 Å². The maximum absolute atomic E-state index is 12.6. The smallest absolute Gasteiger partial charge is 0.369 e. The van der Waals surface area contributed by atoms with E-state index in [0.29, 0.717) is 0 Å². The van der Waals surface area contributed by atoms with Crippen molar-refractivity contribution < 1.29 is 13.2 Å². The van der Waals surface area contributed by atoms with E-state index >= 15 is 0 Å². The number of alkyl halides is 3. The number of aliphatic imine (C=N–C) groups is 1. The molecule has 2 aromatic rings. The standard InChI is InChI=1S/C17H17ClF3N3S/c1-3-11-6-4-7-12(10-11)24(2)16(22)23-13-8-5-9-14(15(13)18)25-17(19,20)21/h4-10H,3H2,1-2H3,(H2,22,23). The molecule has 0 aromatic heterocycles. The quantitative estimate of drug-likeness (QED) is 0.422. The van der Waals surface area contributed by atoms with Gasteiger partial charge in [-0.3, -0.25) is 0 Å². The number of thioether (sulfide) groups is 1. The second kappa shape index (κ2) is 8.01. The summed E-state index contributed by atoms with van der Waals surface area (Å²) >= 11 is 5.78. The number of nitrogens with zero attached hydrogens (tertiary/aromatic N) is 2. The Balaban J connectivity index is 2.31. The molecule has 0 fully saturated rings. The average molecular weight is 388 g/mol. The van der Waals surface area contributed by atoms with Gasteiger partial charge in [-0.1, -0.05) is 36.7 Å². The van der Waals surface area contributed by atoms with Crippen molar-refractivity contribution in [2.75, 3.05) is 11.9 Å². The normalized spacial score (nSPS) is 12.3. The average Bonchev–Trinajstić information content (AvgIpc) is 2.56. The lowest BCUT2D eigenvalue weighted by Gasteiger charge is -2.19. The number of nitrogens with two attached hydrogens (primary N) is 1. The first-order chi connectivity index (χ1) is 11.7. The summed E-state index contributed by atoms with van der Waals surface area (Å²) in [7, 11) is 1.73. The maximum atomic E-state index is 12.6. The van der Waals surface area contributed by atoms with Crippen LogP contribution in [0.4, 0.5) is 24.5 Å². The van der Waals surface area contributed by atoms with Gasteiger partial charge in [-0.2, -0.15) is 13.2 Å². The van der Waals surface area contributed by atoms with Crippen LogP contribution in [0.15, 0.2) is 52.4 Å². The Morgan fingerprint density at radius 2 is 1.92 bits per heavy atom. The summed E-state index contributed by atoms with van der Waals surface area (Å²) in [5.74, 6) is 0.129. The molecule has 25 heavy (non-hydrogen) atoms. The molecule has 0 saturated carbocycles. The van der Waals surface area contributed by atoms with Crippen LogP contribution in [0.25, 0.3) is 0 Å². The van der Waals surface area contributed by atoms with Crippen LogP contribution < -0.4 is 10.6 Å². The van der Waals surface area contributed by atoms with E-state index in [1.54, 1.807) is 11.9 Å². The molecule has 0 aliphatic heterocycles. The number of anilines is 1. The van der Waals surface area contributed by atoms with Crippen molar-refractivity contribution >= 4 is 40.7 Å². The zero-order valence-electron chi connectivity index (χ0n) is 13.6. The van der Waals surface area contributed by atoms with Crippen molar-refractivity contribution in [2.24, 2.45) is 10.7 Å². The monoisotopic (exact) mass is 387 g/mol. The van der Waals surface area contributed by atoms with Crippen LogP contribution in [0.2, 0.25) is 5.02 Å². The number of guanidine groups is 1. The topological polar surface area (TPSA) is 41.6 Å². The summed E-state index contributed by atoms with van der Waals surface area (Å²) in [6.45, 7) is 2.04. The van der Waals surface area contributed by atoms with Gasteiger partial charge in [-0.05, 0) is 48.0 Å². The summed E-state index contributed by atoms with van der Waals surface area (Å²) in [4.78, 5) is 5.73. The number of hydrogen-bond acceptors (Lipinski definition) is 2. The van der Waals surface area contributed by atoms with Crippen LogP contribution in [0.5, 0.6) is 0 Å². The fourth-order valence-corrected chi connectivity index (χ4v) is 2.98. The molecule has 0 aliphatic carbocycles. The molecule has 3 nitrogen and oxygen atoms in total. The Bertz CT molecular complexity index is 778. The number of halogens is 4. The van der Waals surface area contributed by atoms with E-state index in [1.807, 2.05) is 31.2 Å². The number of hydrogen-bond donors (Lipinski definition) is 1. The van der Waals surface area contributed by atoms with Crippen molar-refractivity contribution in [1.82, 2.24) is 0 Å². The largest absolute Gasteiger partial charge is 0.446 e. The van der Waals surface area contributed by atoms with Crippen LogP contribution in [0.3, 0.4) is 0 Å². The van der Waals surface area contributed by atoms with Crippen molar-refractivity contribution in [3.05, 3.63) is 53.1 Å². The number of benzene rings is 2. The van der Waals surface area contributed by atoms with Gasteiger partial charge < -0.3 is 10.6 Å². The van der Waals surface area contributed by atoms with Gasteiger partial charge in [-0.25, -0.2) is 4.99 Å². The van der Waals surface area contributed by atoms with Gasteiger partial charge in [0.1, 0.15) is 0 Å². The minimum Gasteiger partial charge on any atom is -0.369 e. The molecule has 0 bridgehead atoms. The maximum Gasteiger partial charge on any atom is 0.446 e. The fourth-order valence-electron chi connectivity index (χ4n) is 2.10. The summed E-state index contributed by atoms with van der Waals surface area (Å²) in [5, 5.41) is -0.0801. The van der Waals surface area contributed by atoms with Gasteiger partial charge in [0.05, 0.1) is 10.7 Å². The first-order valence-corrected chi connectivity index (χ1v) is 8.61. The highest BCUT2D eigenvalue weighted by Gasteiger charge is 2.30. The molecule has 0 atom stereocenters. The molecule has 0 saturated heterocycles. The number of aryl methyl sites for hydroxylation is 1. The van der Waals surface area contributed by atoms with Crippen LogP contribution in [0, 0.1) is 0 Å². The van der Waals surface area contributed by atoms with Crippen LogP contribution >= 0.6 is 23.4 Å². The third-order valence-electron chi connectivity index (χ3n) is 3.45. The molecule has 2 N–H and O–H groups in total. The van der Waals surface area contributed by atoms with E-state index in [4.69, 9.17) is 17.3 Å². The first-order valence-electron chi connectivity index (χ1n) is 7.42. The Kier molecular flexibility index (Phi) is 6.24. The highest BCUT2D eigenvalue weighted by atomic mass is 35.5. The molecule has 134 valence electrons. The molecule has 8 heteroatoms. The lowest BCUT2D eigenvalue weighted by Crippen LogP contribution is -2.33. The molecule has 2 rings (SSSR count). The van der Waals surface area contributed by atoms with Crippen LogP contribution in [0.1, 0.15) is 12.5 Å². The van der Waals surface area contributed by atoms with E-state index in [1.165, 1.54) is 18.2 Å². The van der Waals surface area contributed by atoms with E-state index in [9.17, 15) is 13.2 Å². The predicted octanol–water partition coefficient (Wildman–Crippen LogP) is 5.60. The van der Waals surface area contributed by atoms with E-state index in [-0.39, 0.29) is 33.3 Å². The Morgan fingerprint density at radius 3 is 2.56 bits per heavy atom. The Hall–Kier alpha value is -1.86. The van der Waals surface area contributed by atoms with Crippen molar-refractivity contribution in [3.8, 4) is 0 Å². The van der Waals surface area contributed by atoms with E-state index in [0.717, 1.165) is 17.7 Å². The lowest BCUT2D eigenvalue weighted by atomic mass is 10.1. The van der Waals surface area contributed by atoms with Gasteiger partial charge in [0.2, 0.25) is 5.96 Å². The highest BCUT2D eigenvalue weighted by molar-refractivity contribution is 8.00. The summed E-state index contributed by atoms with van der Waals surface area (Å²) in [5.41, 5.74) is 3.74. The molecule has 0 heterocycles. The van der Waals surface area contributed by atoms with Crippen molar-refractivity contribution in [3.63, 3.8) is 0 Å². The lowest BCUT2D eigenvalue weighted by molar-refractivity contribution is -0.0328. The van der Waals surface area contributed by atoms with E-state index < -0.39 is 5.51 Å². The van der Waals surface area contributed by atoms with Crippen molar-refractivity contribution in [2.45, 2.75) is 23.7 Å². The first kappa shape index (κ1) is 19.5. The molecular formula is C17H17ClF3N3S. The number of rotatable bonds is 4. The van der Waals surface area contributed by atoms with Gasteiger partial charge in [0.15, 0.2) is 0 Å². The summed E-state index contributed by atoms with van der Waals surface area (Å²) in [6.07, 6.45) is 0.876. The third kappa shape index (κ3) is 5.31. The Labute approximate surface area is 153 Å². The second-order valence-corrected chi connectivity index (χ2v) is 6.67. The van der Waals surface area contributed by atoms with Crippen LogP contribution in [-0.4, -0.2) is 18.5 Å². The zero-order chi connectivity index (χ0) is 18.6. The third-order valence-corrected chi connectivity index (χ3v) is 4.75. The van der Waals surface area contributed by atoms with E-state index in [2.05, 4.69) is 4.99 Å². The predicted molar refractivity (Wildman–Crippen MR) is 98.9 cm³/mol. The summed E-state index contributed by atoms with van der Waals surface area (Å²) < 4.78 is 37.7. The highest BCUT2D eigenvalue weighted by Crippen LogP contribution is 2.43. The van der Waals surface area contributed by atoms with Gasteiger partial charge in [0.25, 0.3) is 0 Å². The minimum absolute atomic E-state index is 0.0801. The fraction of sp³-hybridized carbons (Fsp3) is 0.235. The molecule has 0 amide bonds. The molecular weight excluding hydrogens is 371 g/mol. The Morgan fingerprint density at radius 1 is 1.24 bits per heavy atom.